The van der Waals surface area contributed by atoms with Crippen LogP contribution < -0.4 is 0 Å². The number of aryl methyl sites for hydroxylation is 1. The second-order valence-corrected chi connectivity index (χ2v) is 6.30. The minimum atomic E-state index is 0.0394. The first-order valence-corrected chi connectivity index (χ1v) is 8.52. The predicted octanol–water partition coefficient (Wildman–Crippen LogP) is 3.75. The number of benzene rings is 2. The fraction of sp³-hybridized carbons (Fsp3) is 0.167. The first-order valence-electron chi connectivity index (χ1n) is 7.44. The van der Waals surface area contributed by atoms with Crippen molar-refractivity contribution < 1.29 is 4.79 Å². The summed E-state index contributed by atoms with van der Waals surface area (Å²) in [6.07, 6.45) is 1.17. The summed E-state index contributed by atoms with van der Waals surface area (Å²) in [5, 5.41) is 8.21. The van der Waals surface area contributed by atoms with Crippen LogP contribution >= 0.6 is 22.6 Å². The maximum Gasteiger partial charge on any atom is 0.186 e. The fourth-order valence-corrected chi connectivity index (χ4v) is 3.03. The van der Waals surface area contributed by atoms with E-state index in [1.165, 1.54) is 0 Å². The average molecular weight is 417 g/mol. The minimum Gasteiger partial charge on any atom is -0.292 e. The van der Waals surface area contributed by atoms with Gasteiger partial charge in [-0.25, -0.2) is 4.68 Å². The van der Waals surface area contributed by atoms with E-state index >= 15 is 0 Å². The van der Waals surface area contributed by atoms with Gasteiger partial charge in [0.2, 0.25) is 0 Å². The first kappa shape index (κ1) is 15.9. The monoisotopic (exact) mass is 417 g/mol. The Kier molecular flexibility index (Phi) is 5.17. The van der Waals surface area contributed by atoms with Gasteiger partial charge in [-0.2, -0.15) is 0 Å². The normalized spacial score (nSPS) is 10.7. The number of Topliss-reactive ketones (excluding diaryl/α,β-unsaturated/α-hetero) is 1. The predicted molar refractivity (Wildman–Crippen MR) is 97.4 cm³/mol. The molecule has 116 valence electrons. The van der Waals surface area contributed by atoms with E-state index in [4.69, 9.17) is 0 Å². The van der Waals surface area contributed by atoms with Crippen LogP contribution in [0.2, 0.25) is 0 Å². The number of carbonyl (C=O) groups excluding carboxylic acids is 1. The lowest BCUT2D eigenvalue weighted by Crippen LogP contribution is -2.07. The quantitative estimate of drug-likeness (QED) is 0.454. The fourth-order valence-electron chi connectivity index (χ4n) is 2.35. The highest BCUT2D eigenvalue weighted by atomic mass is 127. The first-order chi connectivity index (χ1) is 11.2. The van der Waals surface area contributed by atoms with Gasteiger partial charge in [0.15, 0.2) is 11.5 Å². The Labute approximate surface area is 148 Å². The van der Waals surface area contributed by atoms with Crippen molar-refractivity contribution in [1.82, 2.24) is 15.0 Å². The summed E-state index contributed by atoms with van der Waals surface area (Å²) in [5.74, 6) is 0.0394. The van der Waals surface area contributed by atoms with Crippen molar-refractivity contribution in [2.24, 2.45) is 0 Å². The van der Waals surface area contributed by atoms with Crippen LogP contribution in [-0.4, -0.2) is 20.8 Å². The number of halogens is 1. The van der Waals surface area contributed by atoms with Crippen LogP contribution in [0.15, 0.2) is 60.7 Å². The van der Waals surface area contributed by atoms with E-state index < -0.39 is 0 Å². The Balaban J connectivity index is 1.67. The van der Waals surface area contributed by atoms with Crippen molar-refractivity contribution in [2.45, 2.75) is 19.4 Å². The molecule has 0 unspecified atom stereocenters. The number of hydrogen-bond acceptors (Lipinski definition) is 3. The zero-order chi connectivity index (χ0) is 16.1. The molecule has 0 spiro atoms. The van der Waals surface area contributed by atoms with Gasteiger partial charge in [-0.3, -0.25) is 4.79 Å². The highest BCUT2D eigenvalue weighted by molar-refractivity contribution is 14.1. The van der Waals surface area contributed by atoms with E-state index in [1.54, 1.807) is 4.68 Å². The van der Waals surface area contributed by atoms with Gasteiger partial charge < -0.3 is 0 Å². The minimum absolute atomic E-state index is 0.0394. The molecule has 0 N–H and O–H groups in total. The lowest BCUT2D eigenvalue weighted by atomic mass is 10.1. The maximum atomic E-state index is 12.4. The molecule has 4 nitrogen and oxygen atoms in total. The molecule has 2 aromatic carbocycles. The maximum absolute atomic E-state index is 12.4. The van der Waals surface area contributed by atoms with Gasteiger partial charge in [-0.15, -0.1) is 5.10 Å². The second-order valence-electron chi connectivity index (χ2n) is 5.28. The molecule has 0 amide bonds. The second kappa shape index (κ2) is 7.50. The molecule has 0 aliphatic heterocycles. The van der Waals surface area contributed by atoms with Gasteiger partial charge >= 0.3 is 0 Å². The number of nitrogens with zero attached hydrogens (tertiary/aromatic N) is 3. The van der Waals surface area contributed by atoms with Gasteiger partial charge in [0.25, 0.3) is 0 Å². The molecule has 0 bridgehead atoms. The molecule has 1 aromatic heterocycles. The van der Waals surface area contributed by atoms with Gasteiger partial charge in [-0.1, -0.05) is 65.9 Å². The van der Waals surface area contributed by atoms with Crippen molar-refractivity contribution >= 4 is 28.4 Å². The van der Waals surface area contributed by atoms with E-state index in [0.29, 0.717) is 18.7 Å². The van der Waals surface area contributed by atoms with Gasteiger partial charge in [0.05, 0.1) is 6.54 Å². The molecule has 0 atom stereocenters. The summed E-state index contributed by atoms with van der Waals surface area (Å²) in [6, 6.07) is 20.0. The summed E-state index contributed by atoms with van der Waals surface area (Å²) in [6.45, 7) is 0.623. The van der Waals surface area contributed by atoms with Crippen LogP contribution in [0.25, 0.3) is 0 Å². The van der Waals surface area contributed by atoms with Crippen molar-refractivity contribution in [3.05, 3.63) is 81.2 Å². The number of carbonyl (C=O) groups is 1. The average Bonchev–Trinajstić information content (AvgIpc) is 2.95. The number of ketones is 1. The third-order valence-electron chi connectivity index (χ3n) is 3.60. The summed E-state index contributed by atoms with van der Waals surface area (Å²) in [4.78, 5) is 12.4. The SMILES string of the molecule is O=C(CCc1ccccc1)c1nnn(Cc2ccccc2)c1I. The standard InChI is InChI=1S/C18H16IN3O/c19-18-17(16(23)12-11-14-7-3-1-4-8-14)20-21-22(18)13-15-9-5-2-6-10-15/h1-10H,11-13H2. The molecule has 1 heterocycles. The topological polar surface area (TPSA) is 47.8 Å². The van der Waals surface area contributed by atoms with E-state index in [2.05, 4.69) is 32.9 Å². The van der Waals surface area contributed by atoms with E-state index in [9.17, 15) is 4.79 Å². The summed E-state index contributed by atoms with van der Waals surface area (Å²) >= 11 is 2.15. The van der Waals surface area contributed by atoms with Crippen LogP contribution in [0.5, 0.6) is 0 Å². The van der Waals surface area contributed by atoms with Crippen molar-refractivity contribution in [2.75, 3.05) is 0 Å². The van der Waals surface area contributed by atoms with Crippen molar-refractivity contribution in [1.29, 1.82) is 0 Å². The summed E-state index contributed by atoms with van der Waals surface area (Å²) < 4.78 is 2.57. The Morgan fingerprint density at radius 1 is 0.957 bits per heavy atom. The smallest absolute Gasteiger partial charge is 0.186 e. The van der Waals surface area contributed by atoms with Gasteiger partial charge in [0, 0.05) is 6.42 Å². The van der Waals surface area contributed by atoms with Gasteiger partial charge in [-0.05, 0) is 40.1 Å². The molecule has 0 fully saturated rings. The Morgan fingerprint density at radius 2 is 1.57 bits per heavy atom. The third-order valence-corrected chi connectivity index (χ3v) is 4.67. The summed E-state index contributed by atoms with van der Waals surface area (Å²) in [5.41, 5.74) is 2.77. The molecule has 0 aliphatic rings. The van der Waals surface area contributed by atoms with Crippen LogP contribution in [0.4, 0.5) is 0 Å². The molecule has 5 heteroatoms. The third kappa shape index (κ3) is 4.04. The van der Waals surface area contributed by atoms with Crippen molar-refractivity contribution in [3.63, 3.8) is 0 Å². The molecular weight excluding hydrogens is 401 g/mol. The Morgan fingerprint density at radius 3 is 2.22 bits per heavy atom. The summed E-state index contributed by atoms with van der Waals surface area (Å²) in [7, 11) is 0. The lowest BCUT2D eigenvalue weighted by Gasteiger charge is -2.03. The van der Waals surface area contributed by atoms with Crippen LogP contribution in [-0.2, 0) is 13.0 Å². The van der Waals surface area contributed by atoms with Crippen LogP contribution in [0, 0.1) is 3.70 Å². The Bertz CT molecular complexity index is 785. The van der Waals surface area contributed by atoms with E-state index in [-0.39, 0.29) is 5.78 Å². The Hall–Kier alpha value is -2.02. The molecule has 0 saturated carbocycles. The highest BCUT2D eigenvalue weighted by Gasteiger charge is 2.17. The number of hydrogen-bond donors (Lipinski definition) is 0. The van der Waals surface area contributed by atoms with Crippen LogP contribution in [0.1, 0.15) is 28.0 Å². The number of aromatic nitrogens is 3. The molecule has 0 aliphatic carbocycles. The largest absolute Gasteiger partial charge is 0.292 e. The molecule has 3 aromatic rings. The molecular formula is C18H16IN3O. The number of rotatable bonds is 6. The van der Waals surface area contributed by atoms with E-state index in [1.807, 2.05) is 60.7 Å². The zero-order valence-electron chi connectivity index (χ0n) is 12.5. The van der Waals surface area contributed by atoms with Crippen LogP contribution in [0.3, 0.4) is 0 Å². The van der Waals surface area contributed by atoms with Crippen molar-refractivity contribution in [3.8, 4) is 0 Å². The van der Waals surface area contributed by atoms with Gasteiger partial charge in [0.1, 0.15) is 3.70 Å². The lowest BCUT2D eigenvalue weighted by molar-refractivity contribution is 0.0977. The molecule has 0 saturated heterocycles. The zero-order valence-corrected chi connectivity index (χ0v) is 14.7. The molecule has 0 radical (unpaired) electrons. The molecule has 23 heavy (non-hydrogen) atoms. The highest BCUT2D eigenvalue weighted by Crippen LogP contribution is 2.14. The molecule has 3 rings (SSSR count). The van der Waals surface area contributed by atoms with E-state index in [0.717, 1.165) is 21.2 Å².